The standard InChI is InChI=1S/C22H17Cl2NO4S/c23-19-9-16(21(24)30-19)18(10-20(26)27)25-22(28)29-11-17-14-7-3-1-5-12(14)13-6-2-4-8-15(13)17/h1-9,17-18H,10-11H2,(H,25,28)(H,26,27)/t18-/m0/s1. The van der Waals surface area contributed by atoms with E-state index >= 15 is 0 Å². The van der Waals surface area contributed by atoms with E-state index in [0.717, 1.165) is 33.6 Å². The molecule has 8 heteroatoms. The summed E-state index contributed by atoms with van der Waals surface area (Å²) in [4.78, 5) is 23.8. The van der Waals surface area contributed by atoms with Gasteiger partial charge in [0.15, 0.2) is 0 Å². The molecule has 1 aromatic heterocycles. The third-order valence-corrected chi connectivity index (χ3v) is 6.59. The summed E-state index contributed by atoms with van der Waals surface area (Å²) in [6.45, 7) is 0.137. The fraction of sp³-hybridized carbons (Fsp3) is 0.182. The second kappa shape index (κ2) is 8.68. The summed E-state index contributed by atoms with van der Waals surface area (Å²) in [5.74, 6) is -1.16. The number of carbonyl (C=O) groups excluding carboxylic acids is 1. The molecule has 0 saturated heterocycles. The van der Waals surface area contributed by atoms with Crippen LogP contribution in [0.3, 0.4) is 0 Å². The van der Waals surface area contributed by atoms with Crippen LogP contribution < -0.4 is 5.32 Å². The van der Waals surface area contributed by atoms with Crippen LogP contribution in [0.1, 0.15) is 35.1 Å². The van der Waals surface area contributed by atoms with Gasteiger partial charge in [-0.15, -0.1) is 11.3 Å². The maximum Gasteiger partial charge on any atom is 0.407 e. The Labute approximate surface area is 187 Å². The number of amides is 1. The van der Waals surface area contributed by atoms with Crippen molar-refractivity contribution in [2.24, 2.45) is 0 Å². The van der Waals surface area contributed by atoms with Crippen molar-refractivity contribution in [3.63, 3.8) is 0 Å². The molecule has 0 bridgehead atoms. The van der Waals surface area contributed by atoms with Crippen molar-refractivity contribution in [1.82, 2.24) is 5.32 Å². The van der Waals surface area contributed by atoms with E-state index in [1.807, 2.05) is 36.4 Å². The summed E-state index contributed by atoms with van der Waals surface area (Å²) in [6, 6.07) is 16.8. The number of hydrogen-bond donors (Lipinski definition) is 2. The lowest BCUT2D eigenvalue weighted by Gasteiger charge is -2.18. The van der Waals surface area contributed by atoms with Gasteiger partial charge >= 0.3 is 12.1 Å². The van der Waals surface area contributed by atoms with Gasteiger partial charge < -0.3 is 15.2 Å². The molecule has 3 aromatic rings. The number of aliphatic carboxylic acids is 1. The number of nitrogens with one attached hydrogen (secondary N) is 1. The largest absolute Gasteiger partial charge is 0.481 e. The predicted octanol–water partition coefficient (Wildman–Crippen LogP) is 6.11. The number of rotatable bonds is 6. The highest BCUT2D eigenvalue weighted by Gasteiger charge is 2.30. The van der Waals surface area contributed by atoms with Crippen LogP contribution in [0.5, 0.6) is 0 Å². The first-order chi connectivity index (χ1) is 14.4. The van der Waals surface area contributed by atoms with Crippen LogP contribution in [-0.2, 0) is 9.53 Å². The van der Waals surface area contributed by atoms with Gasteiger partial charge in [-0.1, -0.05) is 71.7 Å². The maximum atomic E-state index is 12.5. The maximum absolute atomic E-state index is 12.5. The van der Waals surface area contributed by atoms with E-state index in [0.29, 0.717) is 14.2 Å². The third kappa shape index (κ3) is 4.17. The van der Waals surface area contributed by atoms with Crippen LogP contribution in [0.15, 0.2) is 54.6 Å². The molecule has 1 amide bonds. The van der Waals surface area contributed by atoms with Crippen LogP contribution >= 0.6 is 34.5 Å². The van der Waals surface area contributed by atoms with Crippen LogP contribution in [0.4, 0.5) is 4.79 Å². The molecule has 0 fully saturated rings. The molecule has 0 saturated carbocycles. The number of hydrogen-bond acceptors (Lipinski definition) is 4. The Kier molecular flexibility index (Phi) is 5.99. The van der Waals surface area contributed by atoms with Gasteiger partial charge in [-0.3, -0.25) is 4.79 Å². The highest BCUT2D eigenvalue weighted by molar-refractivity contribution is 7.20. The van der Waals surface area contributed by atoms with Gasteiger partial charge in [0.1, 0.15) is 6.61 Å². The highest BCUT2D eigenvalue weighted by Crippen LogP contribution is 2.44. The van der Waals surface area contributed by atoms with Crippen molar-refractivity contribution in [2.45, 2.75) is 18.4 Å². The number of benzene rings is 2. The molecule has 0 aliphatic heterocycles. The Balaban J connectivity index is 1.49. The molecule has 30 heavy (non-hydrogen) atoms. The van der Waals surface area contributed by atoms with Gasteiger partial charge in [0.2, 0.25) is 0 Å². The fourth-order valence-corrected chi connectivity index (χ4v) is 5.37. The lowest BCUT2D eigenvalue weighted by molar-refractivity contribution is -0.137. The summed E-state index contributed by atoms with van der Waals surface area (Å²) < 4.78 is 6.26. The SMILES string of the molecule is O=C(O)C[C@H](NC(=O)OCC1c2ccccc2-c2ccccc21)c1cc(Cl)sc1Cl. The molecule has 0 spiro atoms. The van der Waals surface area contributed by atoms with Crippen LogP contribution in [0, 0.1) is 0 Å². The zero-order valence-corrected chi connectivity index (χ0v) is 17.9. The average Bonchev–Trinajstić information content (AvgIpc) is 3.22. The Bertz CT molecular complexity index is 1070. The first kappa shape index (κ1) is 20.7. The van der Waals surface area contributed by atoms with Gasteiger partial charge in [-0.05, 0) is 28.3 Å². The molecular weight excluding hydrogens is 445 g/mol. The van der Waals surface area contributed by atoms with Gasteiger partial charge in [0.25, 0.3) is 0 Å². The quantitative estimate of drug-likeness (QED) is 0.464. The second-order valence-electron chi connectivity index (χ2n) is 6.90. The van der Waals surface area contributed by atoms with Gasteiger partial charge in [0.05, 0.1) is 21.1 Å². The molecule has 1 aliphatic carbocycles. The molecule has 2 aromatic carbocycles. The smallest absolute Gasteiger partial charge is 0.407 e. The van der Waals surface area contributed by atoms with Crippen molar-refractivity contribution in [3.8, 4) is 11.1 Å². The van der Waals surface area contributed by atoms with Crippen molar-refractivity contribution in [2.75, 3.05) is 6.61 Å². The third-order valence-electron chi connectivity index (χ3n) is 5.07. The molecule has 5 nitrogen and oxygen atoms in total. The topological polar surface area (TPSA) is 75.6 Å². The number of ether oxygens (including phenoxy) is 1. The van der Waals surface area contributed by atoms with Gasteiger partial charge in [-0.2, -0.15) is 0 Å². The predicted molar refractivity (Wildman–Crippen MR) is 118 cm³/mol. The zero-order chi connectivity index (χ0) is 21.3. The number of carbonyl (C=O) groups is 2. The summed E-state index contributed by atoms with van der Waals surface area (Å²) in [6.07, 6.45) is -1.04. The van der Waals surface area contributed by atoms with Crippen LogP contribution in [-0.4, -0.2) is 23.8 Å². The minimum absolute atomic E-state index is 0.0831. The van der Waals surface area contributed by atoms with Crippen molar-refractivity contribution in [3.05, 3.63) is 80.0 Å². The summed E-state index contributed by atoms with van der Waals surface area (Å²) >= 11 is 13.2. The molecule has 0 radical (unpaired) electrons. The molecule has 154 valence electrons. The Morgan fingerprint density at radius 2 is 1.67 bits per heavy atom. The molecule has 0 unspecified atom stereocenters. The average molecular weight is 462 g/mol. The van der Waals surface area contributed by atoms with Gasteiger partial charge in [-0.25, -0.2) is 4.79 Å². The first-order valence-corrected chi connectivity index (χ1v) is 10.8. The van der Waals surface area contributed by atoms with Crippen molar-refractivity contribution < 1.29 is 19.4 Å². The van der Waals surface area contributed by atoms with Crippen molar-refractivity contribution in [1.29, 1.82) is 0 Å². The number of carboxylic acid groups (broad SMARTS) is 1. The molecule has 1 heterocycles. The number of thiophene rings is 1. The van der Waals surface area contributed by atoms with Crippen LogP contribution in [0.25, 0.3) is 11.1 Å². The Hall–Kier alpha value is -2.54. The van der Waals surface area contributed by atoms with E-state index in [1.165, 1.54) is 0 Å². The number of fused-ring (bicyclic) bond motifs is 3. The second-order valence-corrected chi connectivity index (χ2v) is 9.19. The van der Waals surface area contributed by atoms with E-state index in [4.69, 9.17) is 27.9 Å². The van der Waals surface area contributed by atoms with E-state index in [-0.39, 0.29) is 18.9 Å². The number of carboxylic acids is 1. The minimum Gasteiger partial charge on any atom is -0.481 e. The Morgan fingerprint density at radius 1 is 1.07 bits per heavy atom. The highest BCUT2D eigenvalue weighted by atomic mass is 35.5. The first-order valence-electron chi connectivity index (χ1n) is 9.22. The fourth-order valence-electron chi connectivity index (χ4n) is 3.79. The summed E-state index contributed by atoms with van der Waals surface area (Å²) in [7, 11) is 0. The van der Waals surface area contributed by atoms with Crippen LogP contribution in [0.2, 0.25) is 8.67 Å². The number of alkyl carbamates (subject to hydrolysis) is 1. The van der Waals surface area contributed by atoms with E-state index in [2.05, 4.69) is 17.4 Å². The van der Waals surface area contributed by atoms with E-state index < -0.39 is 18.1 Å². The molecule has 1 atom stereocenters. The minimum atomic E-state index is -1.07. The zero-order valence-electron chi connectivity index (χ0n) is 15.6. The van der Waals surface area contributed by atoms with Gasteiger partial charge in [0, 0.05) is 11.5 Å². The van der Waals surface area contributed by atoms with E-state index in [1.54, 1.807) is 6.07 Å². The lowest BCUT2D eigenvalue weighted by Crippen LogP contribution is -2.31. The summed E-state index contributed by atoms with van der Waals surface area (Å²) in [5.41, 5.74) is 4.92. The number of halogens is 2. The molecule has 4 rings (SSSR count). The monoisotopic (exact) mass is 461 g/mol. The van der Waals surface area contributed by atoms with E-state index in [9.17, 15) is 14.7 Å². The van der Waals surface area contributed by atoms with Crippen molar-refractivity contribution >= 4 is 46.6 Å². The summed E-state index contributed by atoms with van der Waals surface area (Å²) in [5, 5.41) is 11.8. The lowest BCUT2D eigenvalue weighted by atomic mass is 9.98. The normalized spacial score (nSPS) is 13.4. The Morgan fingerprint density at radius 3 is 2.20 bits per heavy atom. The molecular formula is C22H17Cl2NO4S. The molecule has 2 N–H and O–H groups in total. The molecule has 1 aliphatic rings.